The number of carbonyl (C=O) groups is 1. The van der Waals surface area contributed by atoms with Crippen LogP contribution < -0.4 is 9.80 Å². The number of piperidine rings is 1. The average molecular weight is 276 g/mol. The standard InChI is InChI=1S/C14H20N4O2/c1-4-8-5-11(16-14(15-8)17(2)3)18-6-9-10(7-18)12(9)13(19)20/h5,9-10,12H,4,6-7H2,1-3H3,(H,19,20)/t9-,10+,12?. The number of rotatable bonds is 4. The van der Waals surface area contributed by atoms with Crippen molar-refractivity contribution in [2.24, 2.45) is 17.8 Å². The van der Waals surface area contributed by atoms with Crippen LogP contribution in [0.25, 0.3) is 0 Å². The Morgan fingerprint density at radius 2 is 2.05 bits per heavy atom. The van der Waals surface area contributed by atoms with E-state index in [0.717, 1.165) is 37.0 Å². The molecule has 1 unspecified atom stereocenters. The number of carboxylic acid groups (broad SMARTS) is 1. The summed E-state index contributed by atoms with van der Waals surface area (Å²) in [6.07, 6.45) is 0.870. The van der Waals surface area contributed by atoms with E-state index in [9.17, 15) is 4.79 Å². The van der Waals surface area contributed by atoms with E-state index in [0.29, 0.717) is 11.8 Å². The summed E-state index contributed by atoms with van der Waals surface area (Å²) in [6, 6.07) is 2.02. The van der Waals surface area contributed by atoms with Gasteiger partial charge in [0.25, 0.3) is 0 Å². The Morgan fingerprint density at radius 3 is 2.55 bits per heavy atom. The fraction of sp³-hybridized carbons (Fsp3) is 0.643. The van der Waals surface area contributed by atoms with E-state index in [1.54, 1.807) is 0 Å². The molecule has 1 aliphatic heterocycles. The van der Waals surface area contributed by atoms with Crippen molar-refractivity contribution < 1.29 is 9.90 Å². The minimum absolute atomic E-state index is 0.132. The first-order valence-electron chi connectivity index (χ1n) is 7.04. The number of hydrogen-bond acceptors (Lipinski definition) is 5. The molecule has 20 heavy (non-hydrogen) atoms. The minimum Gasteiger partial charge on any atom is -0.481 e. The number of carboxylic acids is 1. The molecule has 2 aliphatic rings. The smallest absolute Gasteiger partial charge is 0.307 e. The highest BCUT2D eigenvalue weighted by atomic mass is 16.4. The predicted octanol–water partition coefficient (Wildman–Crippen LogP) is 0.872. The van der Waals surface area contributed by atoms with Gasteiger partial charge in [0, 0.05) is 38.9 Å². The molecule has 0 radical (unpaired) electrons. The van der Waals surface area contributed by atoms with Crippen molar-refractivity contribution in [2.75, 3.05) is 37.0 Å². The molecule has 0 bridgehead atoms. The number of aromatic nitrogens is 2. The maximum atomic E-state index is 11.0. The second kappa shape index (κ2) is 4.61. The van der Waals surface area contributed by atoms with Gasteiger partial charge in [-0.3, -0.25) is 4.79 Å². The number of aryl methyl sites for hydroxylation is 1. The van der Waals surface area contributed by atoms with Crippen molar-refractivity contribution in [1.82, 2.24) is 9.97 Å². The third-order valence-electron chi connectivity index (χ3n) is 4.32. The third kappa shape index (κ3) is 2.09. The first-order chi connectivity index (χ1) is 9.51. The summed E-state index contributed by atoms with van der Waals surface area (Å²) >= 11 is 0. The van der Waals surface area contributed by atoms with Crippen molar-refractivity contribution in [3.8, 4) is 0 Å². The van der Waals surface area contributed by atoms with Crippen LogP contribution in [0.3, 0.4) is 0 Å². The summed E-state index contributed by atoms with van der Waals surface area (Å²) in [4.78, 5) is 24.2. The first-order valence-corrected chi connectivity index (χ1v) is 7.04. The Hall–Kier alpha value is -1.85. The van der Waals surface area contributed by atoms with Crippen molar-refractivity contribution in [3.63, 3.8) is 0 Å². The molecular weight excluding hydrogens is 256 g/mol. The molecule has 1 saturated carbocycles. The van der Waals surface area contributed by atoms with Gasteiger partial charge in [-0.15, -0.1) is 0 Å². The van der Waals surface area contributed by atoms with Crippen molar-refractivity contribution in [2.45, 2.75) is 13.3 Å². The van der Waals surface area contributed by atoms with E-state index in [4.69, 9.17) is 5.11 Å². The quantitative estimate of drug-likeness (QED) is 0.880. The van der Waals surface area contributed by atoms with E-state index in [-0.39, 0.29) is 5.92 Å². The highest BCUT2D eigenvalue weighted by Gasteiger charge is 2.60. The van der Waals surface area contributed by atoms with Crippen LogP contribution in [0.1, 0.15) is 12.6 Å². The van der Waals surface area contributed by atoms with Crippen LogP contribution >= 0.6 is 0 Å². The van der Waals surface area contributed by atoms with Gasteiger partial charge in [0.05, 0.1) is 5.92 Å². The lowest BCUT2D eigenvalue weighted by atomic mass is 10.2. The lowest BCUT2D eigenvalue weighted by molar-refractivity contribution is -0.139. The number of aliphatic carboxylic acids is 1. The number of anilines is 2. The van der Waals surface area contributed by atoms with Gasteiger partial charge < -0.3 is 14.9 Å². The number of hydrogen-bond donors (Lipinski definition) is 1. The minimum atomic E-state index is -0.648. The molecule has 1 aromatic heterocycles. The van der Waals surface area contributed by atoms with Crippen molar-refractivity contribution in [1.29, 1.82) is 0 Å². The Bertz CT molecular complexity index is 534. The highest BCUT2D eigenvalue weighted by molar-refractivity contribution is 5.75. The molecule has 2 heterocycles. The van der Waals surface area contributed by atoms with Crippen molar-refractivity contribution in [3.05, 3.63) is 11.8 Å². The molecule has 6 nitrogen and oxygen atoms in total. The molecule has 0 spiro atoms. The van der Waals surface area contributed by atoms with Crippen LogP contribution in [0.2, 0.25) is 0 Å². The van der Waals surface area contributed by atoms with Gasteiger partial charge in [-0.2, -0.15) is 4.98 Å². The zero-order valence-electron chi connectivity index (χ0n) is 12.1. The summed E-state index contributed by atoms with van der Waals surface area (Å²) in [5, 5.41) is 9.06. The molecule has 1 aliphatic carbocycles. The lowest BCUT2D eigenvalue weighted by Crippen LogP contribution is -2.27. The molecule has 1 N–H and O–H groups in total. The zero-order chi connectivity index (χ0) is 14.4. The van der Waals surface area contributed by atoms with Gasteiger partial charge in [-0.05, 0) is 18.3 Å². The fourth-order valence-corrected chi connectivity index (χ4v) is 3.09. The molecule has 3 rings (SSSR count). The van der Waals surface area contributed by atoms with Gasteiger partial charge >= 0.3 is 5.97 Å². The van der Waals surface area contributed by atoms with E-state index < -0.39 is 5.97 Å². The predicted molar refractivity (Wildman–Crippen MR) is 76.1 cm³/mol. The molecule has 6 heteroatoms. The SMILES string of the molecule is CCc1cc(N2C[C@@H]3C(C(=O)O)[C@@H]3C2)nc(N(C)C)n1. The van der Waals surface area contributed by atoms with Crippen LogP contribution in [0, 0.1) is 17.8 Å². The van der Waals surface area contributed by atoms with E-state index in [2.05, 4.69) is 21.8 Å². The molecule has 0 aromatic carbocycles. The molecule has 1 saturated heterocycles. The largest absolute Gasteiger partial charge is 0.481 e. The van der Waals surface area contributed by atoms with Crippen LogP contribution in [0.15, 0.2) is 6.07 Å². The van der Waals surface area contributed by atoms with E-state index >= 15 is 0 Å². The maximum Gasteiger partial charge on any atom is 0.307 e. The molecule has 3 atom stereocenters. The van der Waals surface area contributed by atoms with Gasteiger partial charge in [0.1, 0.15) is 5.82 Å². The maximum absolute atomic E-state index is 11.0. The molecule has 2 fully saturated rings. The fourth-order valence-electron chi connectivity index (χ4n) is 3.09. The Labute approximate surface area is 118 Å². The van der Waals surface area contributed by atoms with E-state index in [1.807, 2.05) is 25.1 Å². The molecular formula is C14H20N4O2. The summed E-state index contributed by atoms with van der Waals surface area (Å²) in [6.45, 7) is 3.68. The number of fused-ring (bicyclic) bond motifs is 1. The van der Waals surface area contributed by atoms with Crippen LogP contribution in [-0.2, 0) is 11.2 Å². The third-order valence-corrected chi connectivity index (χ3v) is 4.32. The highest BCUT2D eigenvalue weighted by Crippen LogP contribution is 2.52. The summed E-state index contributed by atoms with van der Waals surface area (Å²) in [7, 11) is 3.86. The van der Waals surface area contributed by atoms with Gasteiger partial charge in [-0.1, -0.05) is 6.92 Å². The van der Waals surface area contributed by atoms with Crippen LogP contribution in [-0.4, -0.2) is 48.2 Å². The lowest BCUT2D eigenvalue weighted by Gasteiger charge is -2.22. The average Bonchev–Trinajstić information content (AvgIpc) is 2.94. The van der Waals surface area contributed by atoms with Crippen LogP contribution in [0.5, 0.6) is 0 Å². The topological polar surface area (TPSA) is 69.6 Å². The van der Waals surface area contributed by atoms with E-state index in [1.165, 1.54) is 0 Å². The Balaban J connectivity index is 1.79. The van der Waals surface area contributed by atoms with Crippen LogP contribution in [0.4, 0.5) is 11.8 Å². The first kappa shape index (κ1) is 13.1. The van der Waals surface area contributed by atoms with Gasteiger partial charge in [0.2, 0.25) is 5.95 Å². The zero-order valence-corrected chi connectivity index (χ0v) is 12.1. The Kier molecular flexibility index (Phi) is 3.03. The molecule has 0 amide bonds. The monoisotopic (exact) mass is 276 g/mol. The Morgan fingerprint density at radius 1 is 1.40 bits per heavy atom. The van der Waals surface area contributed by atoms with Crippen molar-refractivity contribution >= 4 is 17.7 Å². The van der Waals surface area contributed by atoms with Gasteiger partial charge in [-0.25, -0.2) is 4.98 Å². The second-order valence-corrected chi connectivity index (χ2v) is 5.86. The molecule has 108 valence electrons. The summed E-state index contributed by atoms with van der Waals surface area (Å²) in [5.74, 6) is 1.47. The normalized spacial score (nSPS) is 27.4. The second-order valence-electron chi connectivity index (χ2n) is 5.86. The molecule has 1 aromatic rings. The van der Waals surface area contributed by atoms with Gasteiger partial charge in [0.15, 0.2) is 0 Å². The summed E-state index contributed by atoms with van der Waals surface area (Å²) in [5.41, 5.74) is 1.02. The number of nitrogens with zero attached hydrogens (tertiary/aromatic N) is 4. The summed E-state index contributed by atoms with van der Waals surface area (Å²) < 4.78 is 0.